The zero-order valence-corrected chi connectivity index (χ0v) is 13.6. The van der Waals surface area contributed by atoms with Crippen LogP contribution < -0.4 is 5.32 Å². The summed E-state index contributed by atoms with van der Waals surface area (Å²) in [5.74, 6) is 0.395. The fourth-order valence-corrected chi connectivity index (χ4v) is 3.34. The van der Waals surface area contributed by atoms with Crippen LogP contribution in [0, 0.1) is 6.92 Å². The summed E-state index contributed by atoms with van der Waals surface area (Å²) < 4.78 is 0. The van der Waals surface area contributed by atoms with Crippen molar-refractivity contribution in [1.29, 1.82) is 0 Å². The van der Waals surface area contributed by atoms with Crippen molar-refractivity contribution in [3.63, 3.8) is 0 Å². The molecule has 0 radical (unpaired) electrons. The van der Waals surface area contributed by atoms with Crippen LogP contribution in [-0.4, -0.2) is 30.6 Å². The number of likely N-dealkylation sites (N-methyl/N-ethyl adjacent to an activating group) is 1. The predicted octanol–water partition coefficient (Wildman–Crippen LogP) is 3.13. The summed E-state index contributed by atoms with van der Waals surface area (Å²) in [7, 11) is 1.90. The summed E-state index contributed by atoms with van der Waals surface area (Å²) in [4.78, 5) is 13.8. The Balaban J connectivity index is 1.99. The van der Waals surface area contributed by atoms with Crippen molar-refractivity contribution in [3.05, 3.63) is 58.7 Å². The maximum Gasteiger partial charge on any atom is 0.237 e. The molecule has 1 heterocycles. The van der Waals surface area contributed by atoms with Crippen LogP contribution in [0.2, 0.25) is 0 Å². The summed E-state index contributed by atoms with van der Waals surface area (Å²) in [6, 6.07) is 8.71. The Bertz CT molecular complexity index is 627. The Morgan fingerprint density at radius 1 is 1.14 bits per heavy atom. The lowest BCUT2D eigenvalue weighted by Gasteiger charge is -2.32. The molecular weight excluding hydrogens is 272 g/mol. The molecule has 3 nitrogen and oxygen atoms in total. The topological polar surface area (TPSA) is 32.3 Å². The number of allylic oxidation sites excluding steroid dienone is 3. The molecule has 3 rings (SSSR count). The van der Waals surface area contributed by atoms with Gasteiger partial charge in [-0.1, -0.05) is 53.1 Å². The number of carbonyl (C=O) groups excluding carboxylic acids is 1. The van der Waals surface area contributed by atoms with Crippen LogP contribution in [0.4, 0.5) is 0 Å². The van der Waals surface area contributed by atoms with Crippen molar-refractivity contribution in [1.82, 2.24) is 10.2 Å². The molecule has 0 saturated carbocycles. The molecule has 1 N–H and O–H groups in total. The van der Waals surface area contributed by atoms with Crippen LogP contribution in [0.15, 0.2) is 47.6 Å². The Morgan fingerprint density at radius 3 is 2.41 bits per heavy atom. The van der Waals surface area contributed by atoms with Gasteiger partial charge in [-0.15, -0.1) is 0 Å². The molecule has 2 atom stereocenters. The van der Waals surface area contributed by atoms with E-state index in [9.17, 15) is 4.79 Å². The second-order valence-electron chi connectivity index (χ2n) is 6.47. The van der Waals surface area contributed by atoms with E-state index in [2.05, 4.69) is 55.6 Å². The lowest BCUT2D eigenvalue weighted by Crippen LogP contribution is -2.40. The summed E-state index contributed by atoms with van der Waals surface area (Å²) in [5.41, 5.74) is 5.38. The molecule has 0 spiro atoms. The lowest BCUT2D eigenvalue weighted by molar-refractivity contribution is -0.126. The maximum atomic E-state index is 11.9. The number of nitrogens with zero attached hydrogens (tertiary/aromatic N) is 1. The third kappa shape index (κ3) is 2.86. The van der Waals surface area contributed by atoms with Crippen molar-refractivity contribution >= 4 is 5.91 Å². The first kappa shape index (κ1) is 15.0. The largest absolute Gasteiger partial charge is 0.328 e. The van der Waals surface area contributed by atoms with Gasteiger partial charge in [0, 0.05) is 13.0 Å². The molecule has 0 bridgehead atoms. The van der Waals surface area contributed by atoms with Crippen LogP contribution in [0.5, 0.6) is 0 Å². The van der Waals surface area contributed by atoms with Gasteiger partial charge in [-0.05, 0) is 32.3 Å². The highest BCUT2D eigenvalue weighted by molar-refractivity contribution is 5.80. The summed E-state index contributed by atoms with van der Waals surface area (Å²) in [6.45, 7) is 4.72. The monoisotopic (exact) mass is 296 g/mol. The Hall–Kier alpha value is -1.87. The van der Waals surface area contributed by atoms with Gasteiger partial charge in [-0.3, -0.25) is 10.1 Å². The molecular formula is C19H24N2O. The lowest BCUT2D eigenvalue weighted by atomic mass is 9.82. The number of hydrogen-bond acceptors (Lipinski definition) is 2. The predicted molar refractivity (Wildman–Crippen MR) is 89.6 cm³/mol. The van der Waals surface area contributed by atoms with Crippen LogP contribution in [0.25, 0.3) is 0 Å². The van der Waals surface area contributed by atoms with Crippen molar-refractivity contribution in [3.8, 4) is 0 Å². The number of aryl methyl sites for hydroxylation is 1. The average Bonchev–Trinajstić information content (AvgIpc) is 2.84. The number of benzene rings is 1. The third-order valence-electron chi connectivity index (χ3n) is 4.81. The number of amides is 1. The van der Waals surface area contributed by atoms with E-state index in [0.717, 1.165) is 12.8 Å². The number of nitrogens with one attached hydrogen (secondary N) is 1. The van der Waals surface area contributed by atoms with Crippen molar-refractivity contribution in [2.24, 2.45) is 0 Å². The molecule has 2 aliphatic rings. The van der Waals surface area contributed by atoms with E-state index in [1.54, 1.807) is 0 Å². The smallest absolute Gasteiger partial charge is 0.237 e. The van der Waals surface area contributed by atoms with Crippen LogP contribution in [0.3, 0.4) is 0 Å². The number of carbonyl (C=O) groups is 1. The molecule has 1 aromatic rings. The van der Waals surface area contributed by atoms with E-state index in [1.165, 1.54) is 22.3 Å². The third-order valence-corrected chi connectivity index (χ3v) is 4.81. The number of rotatable bonds is 3. The van der Waals surface area contributed by atoms with Gasteiger partial charge in [0.15, 0.2) is 0 Å². The molecule has 0 aromatic heterocycles. The fraction of sp³-hybridized carbons (Fsp3) is 0.421. The van der Waals surface area contributed by atoms with Crippen molar-refractivity contribution in [2.75, 3.05) is 13.6 Å². The minimum absolute atomic E-state index is 0.0493. The summed E-state index contributed by atoms with van der Waals surface area (Å²) in [5, 5.41) is 3.39. The van der Waals surface area contributed by atoms with Gasteiger partial charge in [-0.2, -0.15) is 0 Å². The summed E-state index contributed by atoms with van der Waals surface area (Å²) >= 11 is 0. The van der Waals surface area contributed by atoms with E-state index < -0.39 is 0 Å². The van der Waals surface area contributed by atoms with E-state index in [-0.39, 0.29) is 18.0 Å². The van der Waals surface area contributed by atoms with Crippen LogP contribution >= 0.6 is 0 Å². The average molecular weight is 296 g/mol. The molecule has 1 aliphatic carbocycles. The minimum atomic E-state index is 0.0493. The Labute approximate surface area is 132 Å². The Kier molecular flexibility index (Phi) is 4.16. The van der Waals surface area contributed by atoms with E-state index in [4.69, 9.17) is 0 Å². The van der Waals surface area contributed by atoms with Gasteiger partial charge in [0.1, 0.15) is 0 Å². The second-order valence-corrected chi connectivity index (χ2v) is 6.47. The van der Waals surface area contributed by atoms with Crippen molar-refractivity contribution < 1.29 is 4.79 Å². The molecule has 2 unspecified atom stereocenters. The number of hydrogen-bond donors (Lipinski definition) is 1. The standard InChI is InChI=1S/C19H24N2O/c1-13-4-8-15(9-5-13)18(16-10-6-14(2)7-11-16)19-20-12-17(22)21(19)3/h4-6,8-10,18-20H,7,11-12H2,1-3H3. The molecule has 1 aliphatic heterocycles. The highest BCUT2D eigenvalue weighted by Crippen LogP contribution is 2.36. The van der Waals surface area contributed by atoms with Gasteiger partial charge in [0.2, 0.25) is 5.91 Å². The first-order valence-corrected chi connectivity index (χ1v) is 7.98. The van der Waals surface area contributed by atoms with Gasteiger partial charge in [0.05, 0.1) is 12.7 Å². The fourth-order valence-electron chi connectivity index (χ4n) is 3.34. The maximum absolute atomic E-state index is 11.9. The SMILES string of the molecule is CC1=CC=C(C(c2ccc(C)cc2)C2NCC(=O)N2C)CC1. The van der Waals surface area contributed by atoms with Crippen LogP contribution in [-0.2, 0) is 4.79 Å². The highest BCUT2D eigenvalue weighted by Gasteiger charge is 2.36. The Morgan fingerprint density at radius 2 is 1.86 bits per heavy atom. The van der Waals surface area contributed by atoms with Gasteiger partial charge < -0.3 is 4.90 Å². The quantitative estimate of drug-likeness (QED) is 0.929. The second kappa shape index (κ2) is 6.09. The zero-order valence-electron chi connectivity index (χ0n) is 13.6. The van der Waals surface area contributed by atoms with E-state index in [0.29, 0.717) is 6.54 Å². The molecule has 1 aromatic carbocycles. The first-order valence-electron chi connectivity index (χ1n) is 7.98. The van der Waals surface area contributed by atoms with E-state index >= 15 is 0 Å². The molecule has 22 heavy (non-hydrogen) atoms. The van der Waals surface area contributed by atoms with Gasteiger partial charge >= 0.3 is 0 Å². The highest BCUT2D eigenvalue weighted by atomic mass is 16.2. The van der Waals surface area contributed by atoms with Crippen LogP contribution in [0.1, 0.15) is 36.8 Å². The normalized spacial score (nSPS) is 23.3. The minimum Gasteiger partial charge on any atom is -0.328 e. The zero-order chi connectivity index (χ0) is 15.7. The molecule has 1 saturated heterocycles. The van der Waals surface area contributed by atoms with Gasteiger partial charge in [-0.25, -0.2) is 0 Å². The molecule has 116 valence electrons. The van der Waals surface area contributed by atoms with E-state index in [1.807, 2.05) is 11.9 Å². The molecule has 3 heteroatoms. The van der Waals surface area contributed by atoms with Crippen molar-refractivity contribution in [2.45, 2.75) is 38.8 Å². The first-order chi connectivity index (χ1) is 10.6. The molecule has 1 amide bonds. The van der Waals surface area contributed by atoms with Gasteiger partial charge in [0.25, 0.3) is 0 Å². The summed E-state index contributed by atoms with van der Waals surface area (Å²) in [6.07, 6.45) is 6.70. The molecule has 1 fully saturated rings.